The van der Waals surface area contributed by atoms with Gasteiger partial charge >= 0.3 is 0 Å². The van der Waals surface area contributed by atoms with Crippen LogP contribution in [0.3, 0.4) is 0 Å². The fourth-order valence-electron chi connectivity index (χ4n) is 1.24. The summed E-state index contributed by atoms with van der Waals surface area (Å²) in [6, 6.07) is 0. The maximum absolute atomic E-state index is 11.5. The molecule has 1 amide bonds. The Morgan fingerprint density at radius 3 is 2.53 bits per heavy atom. The second kappa shape index (κ2) is 4.28. The Kier molecular flexibility index (Phi) is 3.46. The van der Waals surface area contributed by atoms with Crippen LogP contribution < -0.4 is 11.3 Å². The van der Waals surface area contributed by atoms with Crippen molar-refractivity contribution in [3.05, 3.63) is 15.6 Å². The second-order valence-corrected chi connectivity index (χ2v) is 5.45. The first-order valence-electron chi connectivity index (χ1n) is 4.91. The molecule has 0 aliphatic rings. The highest BCUT2D eigenvalue weighted by Gasteiger charge is 2.26. The normalized spacial score (nSPS) is 11.5. The van der Waals surface area contributed by atoms with Crippen LogP contribution in [0.15, 0.2) is 0 Å². The van der Waals surface area contributed by atoms with Crippen LogP contribution in [0.4, 0.5) is 0 Å². The Balaban J connectivity index is 3.24. The number of nitrogens with zero attached hydrogens (tertiary/aromatic N) is 1. The molecule has 0 radical (unpaired) electrons. The predicted molar refractivity (Wildman–Crippen MR) is 61.8 cm³/mol. The van der Waals surface area contributed by atoms with E-state index in [1.807, 2.05) is 27.7 Å². The summed E-state index contributed by atoms with van der Waals surface area (Å²) in [4.78, 5) is 16.6. The number of amides is 1. The van der Waals surface area contributed by atoms with Gasteiger partial charge in [-0.1, -0.05) is 27.7 Å². The highest BCUT2D eigenvalue weighted by atomic mass is 32.1. The zero-order valence-electron chi connectivity index (χ0n) is 9.55. The molecule has 0 aromatic carbocycles. The van der Waals surface area contributed by atoms with Crippen molar-refractivity contribution in [2.45, 2.75) is 39.5 Å². The van der Waals surface area contributed by atoms with E-state index >= 15 is 0 Å². The number of hydrazine groups is 1. The van der Waals surface area contributed by atoms with E-state index in [-0.39, 0.29) is 11.3 Å². The van der Waals surface area contributed by atoms with Gasteiger partial charge in [-0.3, -0.25) is 10.2 Å². The number of aromatic nitrogens is 1. The number of aryl methyl sites for hydroxylation is 1. The third-order valence-corrected chi connectivity index (χ3v) is 3.22. The lowest BCUT2D eigenvalue weighted by atomic mass is 9.91. The first kappa shape index (κ1) is 12.1. The largest absolute Gasteiger partial charge is 0.289 e. The summed E-state index contributed by atoms with van der Waals surface area (Å²) < 4.78 is 0. The van der Waals surface area contributed by atoms with E-state index in [0.29, 0.717) is 4.88 Å². The van der Waals surface area contributed by atoms with Crippen molar-refractivity contribution in [3.63, 3.8) is 0 Å². The molecule has 0 fully saturated rings. The zero-order chi connectivity index (χ0) is 11.6. The molecule has 15 heavy (non-hydrogen) atoms. The van der Waals surface area contributed by atoms with Crippen LogP contribution in [0.5, 0.6) is 0 Å². The van der Waals surface area contributed by atoms with Gasteiger partial charge in [-0.05, 0) is 6.42 Å². The molecule has 5 heteroatoms. The van der Waals surface area contributed by atoms with Crippen LogP contribution >= 0.6 is 11.3 Å². The molecule has 1 rings (SSSR count). The number of nitrogen functional groups attached to an aromatic ring is 1. The van der Waals surface area contributed by atoms with Gasteiger partial charge in [0.1, 0.15) is 4.88 Å². The molecule has 0 aliphatic heterocycles. The summed E-state index contributed by atoms with van der Waals surface area (Å²) >= 11 is 1.42. The van der Waals surface area contributed by atoms with Gasteiger partial charge < -0.3 is 0 Å². The summed E-state index contributed by atoms with van der Waals surface area (Å²) in [5.74, 6) is 4.89. The van der Waals surface area contributed by atoms with Crippen molar-refractivity contribution in [2.75, 3.05) is 0 Å². The summed E-state index contributed by atoms with van der Waals surface area (Å²) in [7, 11) is 0. The molecule has 84 valence electrons. The Bertz CT molecular complexity index is 365. The van der Waals surface area contributed by atoms with Crippen LogP contribution in [-0.2, 0) is 11.8 Å². The Hall–Kier alpha value is -0.940. The van der Waals surface area contributed by atoms with Gasteiger partial charge in [0.15, 0.2) is 0 Å². The highest BCUT2D eigenvalue weighted by molar-refractivity contribution is 7.13. The minimum absolute atomic E-state index is 0.133. The minimum Gasteiger partial charge on any atom is -0.289 e. The zero-order valence-corrected chi connectivity index (χ0v) is 10.4. The van der Waals surface area contributed by atoms with Gasteiger partial charge in [-0.25, -0.2) is 10.8 Å². The third kappa shape index (κ3) is 2.54. The first-order valence-corrected chi connectivity index (χ1v) is 5.73. The maximum atomic E-state index is 11.5. The van der Waals surface area contributed by atoms with E-state index in [9.17, 15) is 4.79 Å². The number of hydrogen-bond donors (Lipinski definition) is 2. The molecule has 0 unspecified atom stereocenters. The highest BCUT2D eigenvalue weighted by Crippen LogP contribution is 2.29. The first-order chi connectivity index (χ1) is 6.90. The van der Waals surface area contributed by atoms with Gasteiger partial charge in [0.2, 0.25) is 0 Å². The molecule has 0 saturated heterocycles. The predicted octanol–water partition coefficient (Wildman–Crippen LogP) is 1.61. The fraction of sp³-hybridized carbons (Fsp3) is 0.600. The van der Waals surface area contributed by atoms with Crippen molar-refractivity contribution in [3.8, 4) is 0 Å². The summed E-state index contributed by atoms with van der Waals surface area (Å²) in [6.45, 7) is 8.13. The molecule has 1 heterocycles. The van der Waals surface area contributed by atoms with Crippen LogP contribution in [0.25, 0.3) is 0 Å². The molecule has 0 saturated carbocycles. The van der Waals surface area contributed by atoms with Gasteiger partial charge in [-0.2, -0.15) is 0 Å². The van der Waals surface area contributed by atoms with Crippen molar-refractivity contribution in [1.29, 1.82) is 0 Å². The quantitative estimate of drug-likeness (QED) is 0.458. The van der Waals surface area contributed by atoms with E-state index in [0.717, 1.165) is 17.1 Å². The van der Waals surface area contributed by atoms with Gasteiger partial charge in [0.25, 0.3) is 5.91 Å². The lowest BCUT2D eigenvalue weighted by molar-refractivity contribution is 0.0955. The lowest BCUT2D eigenvalue weighted by Crippen LogP contribution is -2.31. The van der Waals surface area contributed by atoms with Crippen molar-refractivity contribution in [1.82, 2.24) is 10.4 Å². The van der Waals surface area contributed by atoms with Crippen molar-refractivity contribution in [2.24, 2.45) is 5.84 Å². The summed E-state index contributed by atoms with van der Waals surface area (Å²) in [6.07, 6.45) is 0.839. The van der Waals surface area contributed by atoms with Crippen molar-refractivity contribution < 1.29 is 4.79 Å². The van der Waals surface area contributed by atoms with Crippen LogP contribution in [0.2, 0.25) is 0 Å². The van der Waals surface area contributed by atoms with Crippen LogP contribution in [-0.4, -0.2) is 10.9 Å². The van der Waals surface area contributed by atoms with Crippen molar-refractivity contribution >= 4 is 17.2 Å². The maximum Gasteiger partial charge on any atom is 0.277 e. The van der Waals surface area contributed by atoms with Gasteiger partial charge in [0, 0.05) is 5.41 Å². The molecule has 0 spiro atoms. The number of carbonyl (C=O) groups excluding carboxylic acids is 1. The SMILES string of the molecule is CCc1nc(C(C)(C)C)c(C(=O)NN)s1. The average molecular weight is 227 g/mol. The van der Waals surface area contributed by atoms with Gasteiger partial charge in [-0.15, -0.1) is 11.3 Å². The van der Waals surface area contributed by atoms with Gasteiger partial charge in [0.05, 0.1) is 10.7 Å². The number of nitrogens with one attached hydrogen (secondary N) is 1. The summed E-state index contributed by atoms with van der Waals surface area (Å²) in [5.41, 5.74) is 2.86. The standard InChI is InChI=1S/C10H17N3OS/c1-5-6-12-8(10(2,3)4)7(15-6)9(14)13-11/h5,11H2,1-4H3,(H,13,14). The molecule has 0 bridgehead atoms. The van der Waals surface area contributed by atoms with E-state index in [2.05, 4.69) is 10.4 Å². The van der Waals surface area contributed by atoms with E-state index in [1.54, 1.807) is 0 Å². The average Bonchev–Trinajstić information content (AvgIpc) is 2.59. The minimum atomic E-state index is -0.253. The Labute approximate surface area is 93.9 Å². The number of rotatable bonds is 2. The molecular formula is C10H17N3OS. The van der Waals surface area contributed by atoms with E-state index in [4.69, 9.17) is 5.84 Å². The van der Waals surface area contributed by atoms with E-state index < -0.39 is 0 Å². The topological polar surface area (TPSA) is 68.0 Å². The summed E-state index contributed by atoms with van der Waals surface area (Å²) in [5, 5.41) is 0.971. The van der Waals surface area contributed by atoms with Crippen LogP contribution in [0, 0.1) is 0 Å². The third-order valence-electron chi connectivity index (χ3n) is 2.02. The number of nitrogens with two attached hydrogens (primary N) is 1. The Morgan fingerprint density at radius 2 is 2.13 bits per heavy atom. The van der Waals surface area contributed by atoms with Crippen LogP contribution in [0.1, 0.15) is 48.1 Å². The fourth-order valence-corrected chi connectivity index (χ4v) is 2.36. The molecule has 1 aromatic heterocycles. The lowest BCUT2D eigenvalue weighted by Gasteiger charge is -2.16. The molecule has 1 aromatic rings. The molecule has 0 aliphatic carbocycles. The molecule has 4 nitrogen and oxygen atoms in total. The smallest absolute Gasteiger partial charge is 0.277 e. The number of hydrogen-bond acceptors (Lipinski definition) is 4. The second-order valence-electron chi connectivity index (χ2n) is 4.36. The Morgan fingerprint density at radius 1 is 1.53 bits per heavy atom. The monoisotopic (exact) mass is 227 g/mol. The van der Waals surface area contributed by atoms with E-state index in [1.165, 1.54) is 11.3 Å². The molecular weight excluding hydrogens is 210 g/mol. The number of thiazole rings is 1. The molecule has 0 atom stereocenters. The number of carbonyl (C=O) groups is 1. The molecule has 3 N–H and O–H groups in total.